The highest BCUT2D eigenvalue weighted by molar-refractivity contribution is 6.98. The minimum atomic E-state index is 0.0949. The second-order valence-electron chi connectivity index (χ2n) is 9.55. The van der Waals surface area contributed by atoms with Crippen LogP contribution in [0.25, 0.3) is 16.6 Å². The van der Waals surface area contributed by atoms with E-state index in [-0.39, 0.29) is 6.71 Å². The molecule has 0 atom stereocenters. The molecule has 0 N–H and O–H groups in total. The fourth-order valence-electron chi connectivity index (χ4n) is 6.30. The van der Waals surface area contributed by atoms with E-state index in [9.17, 15) is 0 Å². The number of benzene rings is 4. The second kappa shape index (κ2) is 6.80. The molecule has 0 amide bonds. The van der Waals surface area contributed by atoms with Gasteiger partial charge in [-0.15, -0.1) is 0 Å². The summed E-state index contributed by atoms with van der Waals surface area (Å²) in [5.74, 6) is 3.64. The topological polar surface area (TPSA) is 23.4 Å². The van der Waals surface area contributed by atoms with E-state index < -0.39 is 0 Å². The van der Waals surface area contributed by atoms with Gasteiger partial charge in [-0.3, -0.25) is 0 Å². The maximum atomic E-state index is 6.42. The number of hydrogen-bond acceptors (Lipinski definition) is 2. The van der Waals surface area contributed by atoms with E-state index in [1.807, 2.05) is 12.1 Å². The van der Waals surface area contributed by atoms with Crippen LogP contribution in [-0.4, -0.2) is 11.3 Å². The number of hydrogen-bond donors (Lipinski definition) is 0. The Labute approximate surface area is 198 Å². The third kappa shape index (κ3) is 2.43. The zero-order valence-corrected chi connectivity index (χ0v) is 18.8. The Hall–Kier alpha value is -3.92. The first kappa shape index (κ1) is 18.5. The van der Waals surface area contributed by atoms with Gasteiger partial charge in [-0.1, -0.05) is 42.5 Å². The smallest absolute Gasteiger partial charge is 0.260 e. The minimum absolute atomic E-state index is 0.0949. The van der Waals surface area contributed by atoms with E-state index in [1.165, 1.54) is 58.0 Å². The lowest BCUT2D eigenvalue weighted by Crippen LogP contribution is -2.57. The number of para-hydroxylation sites is 2. The zero-order chi connectivity index (χ0) is 22.2. The number of aryl methyl sites for hydroxylation is 1. The third-order valence-electron chi connectivity index (χ3n) is 7.73. The molecule has 1 aliphatic carbocycles. The van der Waals surface area contributed by atoms with Gasteiger partial charge in [-0.25, -0.2) is 0 Å². The molecule has 5 aromatic rings. The Kier molecular flexibility index (Phi) is 3.70. The molecule has 3 heterocycles. The average Bonchev–Trinajstić information content (AvgIpc) is 3.23. The molecule has 4 aromatic carbocycles. The number of rotatable bonds is 1. The molecule has 2 aliphatic heterocycles. The van der Waals surface area contributed by atoms with E-state index in [0.717, 1.165) is 34.9 Å². The molecule has 0 saturated carbocycles. The molecular weight excluding hydrogens is 417 g/mol. The number of aromatic nitrogens is 1. The van der Waals surface area contributed by atoms with Gasteiger partial charge in [0, 0.05) is 22.2 Å². The summed E-state index contributed by atoms with van der Waals surface area (Å²) in [6.07, 6.45) is 4.82. The lowest BCUT2D eigenvalue weighted by atomic mass is 9.35. The van der Waals surface area contributed by atoms with Crippen molar-refractivity contribution >= 4 is 34.0 Å². The highest BCUT2D eigenvalue weighted by Gasteiger charge is 2.40. The fraction of sp³-hybridized carbons (Fsp3) is 0.133. The minimum Gasteiger partial charge on any atom is -0.458 e. The van der Waals surface area contributed by atoms with Crippen molar-refractivity contribution in [2.24, 2.45) is 0 Å². The first-order valence-electron chi connectivity index (χ1n) is 12.2. The SMILES string of the molecule is c1ccc2c(c1)Oc1cccc3c1B2c1cc(-n2c4c(c5ccccc52)CCCC4)ccc1O3. The van der Waals surface area contributed by atoms with Crippen LogP contribution in [0.3, 0.4) is 0 Å². The van der Waals surface area contributed by atoms with Crippen LogP contribution in [0.4, 0.5) is 0 Å². The largest absolute Gasteiger partial charge is 0.458 e. The van der Waals surface area contributed by atoms with E-state index in [0.29, 0.717) is 0 Å². The Bertz CT molecular complexity index is 1620. The number of ether oxygens (including phenoxy) is 2. The molecule has 3 aliphatic rings. The van der Waals surface area contributed by atoms with Crippen LogP contribution in [0.1, 0.15) is 24.1 Å². The Balaban J connectivity index is 1.39. The molecule has 0 spiro atoms. The average molecular weight is 439 g/mol. The molecule has 162 valence electrons. The summed E-state index contributed by atoms with van der Waals surface area (Å²) in [5, 5.41) is 1.40. The van der Waals surface area contributed by atoms with Crippen LogP contribution in [0.2, 0.25) is 0 Å². The van der Waals surface area contributed by atoms with Gasteiger partial charge in [-0.05, 0) is 84.6 Å². The van der Waals surface area contributed by atoms with Gasteiger partial charge in [0.1, 0.15) is 23.0 Å². The normalized spacial score (nSPS) is 15.0. The van der Waals surface area contributed by atoms with Gasteiger partial charge < -0.3 is 14.0 Å². The van der Waals surface area contributed by atoms with Crippen molar-refractivity contribution in [1.82, 2.24) is 4.57 Å². The van der Waals surface area contributed by atoms with Crippen molar-refractivity contribution < 1.29 is 9.47 Å². The number of nitrogens with zero attached hydrogens (tertiary/aromatic N) is 1. The summed E-state index contributed by atoms with van der Waals surface area (Å²) in [6, 6.07) is 30.1. The van der Waals surface area contributed by atoms with Crippen LogP contribution in [0.5, 0.6) is 23.0 Å². The highest BCUT2D eigenvalue weighted by Crippen LogP contribution is 2.37. The molecule has 0 unspecified atom stereocenters. The highest BCUT2D eigenvalue weighted by atomic mass is 16.5. The molecule has 1 aromatic heterocycles. The van der Waals surface area contributed by atoms with Crippen LogP contribution in [-0.2, 0) is 12.8 Å². The molecule has 0 saturated heterocycles. The predicted molar refractivity (Wildman–Crippen MR) is 138 cm³/mol. The maximum absolute atomic E-state index is 6.42. The fourth-order valence-corrected chi connectivity index (χ4v) is 6.30. The monoisotopic (exact) mass is 439 g/mol. The summed E-state index contributed by atoms with van der Waals surface area (Å²) in [4.78, 5) is 0. The van der Waals surface area contributed by atoms with E-state index in [4.69, 9.17) is 9.47 Å². The van der Waals surface area contributed by atoms with Gasteiger partial charge in [0.15, 0.2) is 0 Å². The quantitative estimate of drug-likeness (QED) is 0.327. The third-order valence-corrected chi connectivity index (χ3v) is 7.73. The van der Waals surface area contributed by atoms with Crippen LogP contribution >= 0.6 is 0 Å². The molecule has 0 bridgehead atoms. The second-order valence-corrected chi connectivity index (χ2v) is 9.55. The van der Waals surface area contributed by atoms with E-state index in [2.05, 4.69) is 77.4 Å². The lowest BCUT2D eigenvalue weighted by molar-refractivity contribution is 0.464. The summed E-state index contributed by atoms with van der Waals surface area (Å²) >= 11 is 0. The number of fused-ring (bicyclic) bond motifs is 7. The Morgan fingerprint density at radius 1 is 0.647 bits per heavy atom. The van der Waals surface area contributed by atoms with Gasteiger partial charge in [0.25, 0.3) is 6.71 Å². The molecule has 8 rings (SSSR count). The summed E-state index contributed by atoms with van der Waals surface area (Å²) in [6.45, 7) is 0.0949. The zero-order valence-electron chi connectivity index (χ0n) is 18.8. The van der Waals surface area contributed by atoms with Gasteiger partial charge in [-0.2, -0.15) is 0 Å². The summed E-state index contributed by atoms with van der Waals surface area (Å²) < 4.78 is 15.2. The van der Waals surface area contributed by atoms with Crippen LogP contribution in [0.15, 0.2) is 84.9 Å². The van der Waals surface area contributed by atoms with Crippen molar-refractivity contribution in [1.29, 1.82) is 0 Å². The Morgan fingerprint density at radius 2 is 1.38 bits per heavy atom. The van der Waals surface area contributed by atoms with Gasteiger partial charge >= 0.3 is 0 Å². The molecule has 0 radical (unpaired) electrons. The van der Waals surface area contributed by atoms with E-state index >= 15 is 0 Å². The van der Waals surface area contributed by atoms with Gasteiger partial charge in [0.2, 0.25) is 0 Å². The predicted octanol–water partition coefficient (Wildman–Crippen LogP) is 5.24. The lowest BCUT2D eigenvalue weighted by Gasteiger charge is -2.33. The summed E-state index contributed by atoms with van der Waals surface area (Å²) in [5.41, 5.74) is 9.05. The van der Waals surface area contributed by atoms with Crippen molar-refractivity contribution in [3.05, 3.63) is 96.2 Å². The van der Waals surface area contributed by atoms with Gasteiger partial charge in [0.05, 0.1) is 5.52 Å². The molecule has 4 heteroatoms. The first-order valence-corrected chi connectivity index (χ1v) is 12.2. The van der Waals surface area contributed by atoms with Crippen LogP contribution < -0.4 is 25.9 Å². The van der Waals surface area contributed by atoms with Crippen molar-refractivity contribution in [2.45, 2.75) is 25.7 Å². The maximum Gasteiger partial charge on any atom is 0.260 e. The van der Waals surface area contributed by atoms with E-state index in [1.54, 1.807) is 0 Å². The van der Waals surface area contributed by atoms with Crippen molar-refractivity contribution in [2.75, 3.05) is 0 Å². The van der Waals surface area contributed by atoms with Crippen molar-refractivity contribution in [3.8, 4) is 28.7 Å². The molecular formula is C30H22BNO2. The Morgan fingerprint density at radius 3 is 2.29 bits per heavy atom. The molecule has 34 heavy (non-hydrogen) atoms. The summed E-state index contributed by atoms with van der Waals surface area (Å²) in [7, 11) is 0. The molecule has 3 nitrogen and oxygen atoms in total. The molecule has 0 fully saturated rings. The van der Waals surface area contributed by atoms with Crippen LogP contribution in [0, 0.1) is 0 Å². The first-order chi connectivity index (χ1) is 16.9. The van der Waals surface area contributed by atoms with Crippen molar-refractivity contribution in [3.63, 3.8) is 0 Å². The standard InChI is InChI=1S/C30H22BNO2/c1-4-11-24-20(8-1)21-9-2-5-12-25(21)32(24)19-16-17-27-23(18-19)31-22-10-3-6-13-26(22)33-28-14-7-15-29(34-27)30(28)31/h1,3-4,6-8,10-11,13-18H,2,5,9,12H2.